The zero-order valence-electron chi connectivity index (χ0n) is 16.6. The number of fused-ring (bicyclic) bond motifs is 1. The van der Waals surface area contributed by atoms with Crippen molar-refractivity contribution >= 4 is 51.1 Å². The molecular formula is C24H17N3O4S. The second-order valence-electron chi connectivity index (χ2n) is 6.86. The van der Waals surface area contributed by atoms with Crippen molar-refractivity contribution in [3.8, 4) is 5.75 Å². The van der Waals surface area contributed by atoms with Crippen molar-refractivity contribution in [1.29, 1.82) is 0 Å². The van der Waals surface area contributed by atoms with Gasteiger partial charge in [-0.1, -0.05) is 36.4 Å². The molecule has 32 heavy (non-hydrogen) atoms. The van der Waals surface area contributed by atoms with E-state index in [1.165, 1.54) is 12.1 Å². The van der Waals surface area contributed by atoms with Gasteiger partial charge in [0.1, 0.15) is 5.75 Å². The molecule has 0 aliphatic carbocycles. The number of ether oxygens (including phenoxy) is 1. The summed E-state index contributed by atoms with van der Waals surface area (Å²) >= 11 is 5.15. The van der Waals surface area contributed by atoms with E-state index in [2.05, 4.69) is 10.6 Å². The zero-order chi connectivity index (χ0) is 22.5. The largest absolute Gasteiger partial charge is 0.432 e. The lowest BCUT2D eigenvalue weighted by molar-refractivity contribution is -0.384. The third-order valence-corrected chi connectivity index (χ3v) is 4.82. The number of carbonyl (C=O) groups excluding carboxylic acids is 1. The summed E-state index contributed by atoms with van der Waals surface area (Å²) in [5.41, 5.74) is 1.55. The highest BCUT2D eigenvalue weighted by atomic mass is 32.1. The van der Waals surface area contributed by atoms with Crippen molar-refractivity contribution in [2.75, 3.05) is 10.6 Å². The Labute approximate surface area is 188 Å². The summed E-state index contributed by atoms with van der Waals surface area (Å²) in [6.45, 7) is 0. The number of thiocarbonyl (C=S) groups is 1. The zero-order valence-corrected chi connectivity index (χ0v) is 17.5. The molecule has 4 aromatic carbocycles. The van der Waals surface area contributed by atoms with Crippen LogP contribution in [0.3, 0.4) is 0 Å². The van der Waals surface area contributed by atoms with Crippen LogP contribution in [0, 0.1) is 10.1 Å². The number of amides is 1. The van der Waals surface area contributed by atoms with Crippen LogP contribution >= 0.6 is 12.2 Å². The molecule has 0 aliphatic rings. The molecule has 158 valence electrons. The van der Waals surface area contributed by atoms with Gasteiger partial charge in [0.15, 0.2) is 0 Å². The molecule has 7 nitrogen and oxygen atoms in total. The van der Waals surface area contributed by atoms with E-state index in [1.807, 2.05) is 42.5 Å². The van der Waals surface area contributed by atoms with Crippen molar-refractivity contribution in [2.45, 2.75) is 0 Å². The lowest BCUT2D eigenvalue weighted by Crippen LogP contribution is -2.16. The Morgan fingerprint density at radius 2 is 1.53 bits per heavy atom. The molecule has 0 saturated carbocycles. The molecule has 4 rings (SSSR count). The standard InChI is InChI=1S/C24H17N3O4S/c28-23(25-20-11-8-16-4-1-2-5-18(16)14-20)17-9-12-22(13-10-17)31-24(32)26-19-6-3-7-21(15-19)27(29)30/h1-15H,(H,25,28)(H,26,32). The summed E-state index contributed by atoms with van der Waals surface area (Å²) in [7, 11) is 0. The third kappa shape index (κ3) is 5.05. The van der Waals surface area contributed by atoms with Gasteiger partial charge in [0.25, 0.3) is 16.8 Å². The number of anilines is 2. The minimum Gasteiger partial charge on any atom is -0.432 e. The van der Waals surface area contributed by atoms with Crippen molar-refractivity contribution in [3.05, 3.63) is 107 Å². The summed E-state index contributed by atoms with van der Waals surface area (Å²) in [5, 5.41) is 18.7. The number of nitrogens with one attached hydrogen (secondary N) is 2. The molecule has 0 spiro atoms. The molecule has 0 saturated heterocycles. The molecule has 0 unspecified atom stereocenters. The van der Waals surface area contributed by atoms with Crippen LogP contribution in [-0.4, -0.2) is 16.0 Å². The van der Waals surface area contributed by atoms with Crippen molar-refractivity contribution in [1.82, 2.24) is 0 Å². The number of hydrogen-bond acceptors (Lipinski definition) is 5. The summed E-state index contributed by atoms with van der Waals surface area (Å²) in [5.74, 6) is 0.180. The maximum atomic E-state index is 12.6. The van der Waals surface area contributed by atoms with Gasteiger partial charge in [-0.15, -0.1) is 0 Å². The summed E-state index contributed by atoms with van der Waals surface area (Å²) in [6, 6.07) is 26.1. The average molecular weight is 443 g/mol. The molecule has 4 aromatic rings. The predicted octanol–water partition coefficient (Wildman–Crippen LogP) is 5.78. The van der Waals surface area contributed by atoms with Gasteiger partial charge in [0, 0.05) is 29.1 Å². The highest BCUT2D eigenvalue weighted by Crippen LogP contribution is 2.21. The van der Waals surface area contributed by atoms with Crippen molar-refractivity contribution in [3.63, 3.8) is 0 Å². The Morgan fingerprint density at radius 1 is 0.812 bits per heavy atom. The van der Waals surface area contributed by atoms with Crippen LogP contribution < -0.4 is 15.4 Å². The number of benzene rings is 4. The monoisotopic (exact) mass is 443 g/mol. The number of rotatable bonds is 5. The minimum atomic E-state index is -0.489. The maximum absolute atomic E-state index is 12.6. The minimum absolute atomic E-state index is 0.0267. The highest BCUT2D eigenvalue weighted by Gasteiger charge is 2.10. The van der Waals surface area contributed by atoms with E-state index < -0.39 is 4.92 Å². The van der Waals surface area contributed by atoms with Crippen LogP contribution in [0.15, 0.2) is 91.0 Å². The molecule has 2 N–H and O–H groups in total. The second kappa shape index (κ2) is 9.23. The van der Waals surface area contributed by atoms with Gasteiger partial charge in [-0.2, -0.15) is 0 Å². The van der Waals surface area contributed by atoms with Crippen molar-refractivity contribution < 1.29 is 14.5 Å². The van der Waals surface area contributed by atoms with Crippen LogP contribution in [0.2, 0.25) is 0 Å². The normalized spacial score (nSPS) is 10.4. The lowest BCUT2D eigenvalue weighted by Gasteiger charge is -2.10. The van der Waals surface area contributed by atoms with Gasteiger partial charge in [-0.25, -0.2) is 0 Å². The Hall–Kier alpha value is -4.30. The molecule has 0 radical (unpaired) electrons. The van der Waals surface area contributed by atoms with Crippen molar-refractivity contribution in [2.24, 2.45) is 0 Å². The molecule has 0 atom stereocenters. The molecular weight excluding hydrogens is 426 g/mol. The second-order valence-corrected chi connectivity index (χ2v) is 7.23. The van der Waals surface area contributed by atoms with Gasteiger partial charge in [0.2, 0.25) is 0 Å². The summed E-state index contributed by atoms with van der Waals surface area (Å²) in [4.78, 5) is 22.9. The number of nitrogens with zero attached hydrogens (tertiary/aromatic N) is 1. The smallest absolute Gasteiger partial charge is 0.271 e. The number of hydrogen-bond donors (Lipinski definition) is 2. The highest BCUT2D eigenvalue weighted by molar-refractivity contribution is 7.80. The number of non-ortho nitro benzene ring substituents is 1. The molecule has 0 heterocycles. The molecule has 0 aromatic heterocycles. The Balaban J connectivity index is 1.37. The number of carbonyl (C=O) groups is 1. The third-order valence-electron chi connectivity index (χ3n) is 4.64. The molecule has 8 heteroatoms. The fourth-order valence-corrected chi connectivity index (χ4v) is 3.31. The summed E-state index contributed by atoms with van der Waals surface area (Å²) < 4.78 is 5.54. The van der Waals surface area contributed by atoms with Gasteiger partial charge in [0.05, 0.1) is 4.92 Å². The van der Waals surface area contributed by atoms with E-state index in [4.69, 9.17) is 17.0 Å². The summed E-state index contributed by atoms with van der Waals surface area (Å²) in [6.07, 6.45) is 0. The Kier molecular flexibility index (Phi) is 6.05. The molecule has 1 amide bonds. The topological polar surface area (TPSA) is 93.5 Å². The maximum Gasteiger partial charge on any atom is 0.271 e. The van der Waals surface area contributed by atoms with E-state index in [0.29, 0.717) is 22.7 Å². The first-order valence-electron chi connectivity index (χ1n) is 9.61. The Bertz CT molecular complexity index is 1320. The van der Waals surface area contributed by atoms with E-state index in [0.717, 1.165) is 10.8 Å². The average Bonchev–Trinajstić information content (AvgIpc) is 2.79. The van der Waals surface area contributed by atoms with Gasteiger partial charge < -0.3 is 15.4 Å². The fraction of sp³-hybridized carbons (Fsp3) is 0. The fourth-order valence-electron chi connectivity index (χ4n) is 3.09. The van der Waals surface area contributed by atoms with E-state index in [-0.39, 0.29) is 16.8 Å². The van der Waals surface area contributed by atoms with E-state index in [9.17, 15) is 14.9 Å². The quantitative estimate of drug-likeness (QED) is 0.231. The van der Waals surface area contributed by atoms with Crippen LogP contribution in [0.25, 0.3) is 10.8 Å². The Morgan fingerprint density at radius 3 is 2.28 bits per heavy atom. The molecule has 0 fully saturated rings. The first-order valence-corrected chi connectivity index (χ1v) is 10.0. The molecule has 0 bridgehead atoms. The lowest BCUT2D eigenvalue weighted by atomic mass is 10.1. The van der Waals surface area contributed by atoms with Gasteiger partial charge in [-0.3, -0.25) is 14.9 Å². The van der Waals surface area contributed by atoms with Crippen LogP contribution in [-0.2, 0) is 0 Å². The van der Waals surface area contributed by atoms with Crippen LogP contribution in [0.5, 0.6) is 5.75 Å². The first kappa shape index (κ1) is 21.0. The van der Waals surface area contributed by atoms with E-state index in [1.54, 1.807) is 36.4 Å². The van der Waals surface area contributed by atoms with Crippen LogP contribution in [0.1, 0.15) is 10.4 Å². The first-order chi connectivity index (χ1) is 15.5. The van der Waals surface area contributed by atoms with Gasteiger partial charge >= 0.3 is 0 Å². The van der Waals surface area contributed by atoms with Crippen LogP contribution in [0.4, 0.5) is 17.1 Å². The predicted molar refractivity (Wildman–Crippen MR) is 128 cm³/mol. The number of nitro benzene ring substituents is 1. The molecule has 0 aliphatic heterocycles. The SMILES string of the molecule is O=C(Nc1ccc2ccccc2c1)c1ccc(OC(=S)Nc2cccc([N+](=O)[O-])c2)cc1. The van der Waals surface area contributed by atoms with E-state index >= 15 is 0 Å². The number of nitro groups is 1. The van der Waals surface area contributed by atoms with Gasteiger partial charge in [-0.05, 0) is 65.5 Å².